The predicted molar refractivity (Wildman–Crippen MR) is 52.4 cm³/mol. The van der Waals surface area contributed by atoms with Crippen LogP contribution in [0.5, 0.6) is 0 Å². The van der Waals surface area contributed by atoms with Gasteiger partial charge in [-0.15, -0.1) is 0 Å². The van der Waals surface area contributed by atoms with E-state index in [1.807, 2.05) is 7.11 Å². The van der Waals surface area contributed by atoms with E-state index in [1.54, 1.807) is 0 Å². The predicted octanol–water partition coefficient (Wildman–Crippen LogP) is 2.55. The lowest BCUT2D eigenvalue weighted by Crippen LogP contribution is -2.31. The van der Waals surface area contributed by atoms with Crippen LogP contribution < -0.4 is 0 Å². The second-order valence-electron chi connectivity index (χ2n) is 2.83. The van der Waals surface area contributed by atoms with E-state index in [9.17, 15) is 0 Å². The van der Waals surface area contributed by atoms with E-state index in [0.717, 1.165) is 5.75 Å². The summed E-state index contributed by atoms with van der Waals surface area (Å²) in [6.45, 7) is 4.50. The minimum atomic E-state index is -1.27. The standard InChI is InChI=1S/C7H18OSSi/c1-4-10(3,8-2)7-5-6-9/h9H,4-7H2,1-3H3. The normalized spacial score (nSPS) is 16.8. The Morgan fingerprint density at radius 2 is 2.10 bits per heavy atom. The summed E-state index contributed by atoms with van der Waals surface area (Å²) in [5.74, 6) is 0.992. The van der Waals surface area contributed by atoms with Crippen molar-refractivity contribution in [2.24, 2.45) is 0 Å². The summed E-state index contributed by atoms with van der Waals surface area (Å²) < 4.78 is 5.49. The lowest BCUT2D eigenvalue weighted by Gasteiger charge is -2.22. The van der Waals surface area contributed by atoms with Crippen LogP contribution in [0.3, 0.4) is 0 Å². The average Bonchev–Trinajstić information content (AvgIpc) is 2.00. The number of hydrogen-bond acceptors (Lipinski definition) is 2. The van der Waals surface area contributed by atoms with Crippen LogP contribution in [0, 0.1) is 0 Å². The number of hydrogen-bond donors (Lipinski definition) is 1. The first-order valence-corrected chi connectivity index (χ1v) is 7.30. The van der Waals surface area contributed by atoms with Crippen LogP contribution in [0.1, 0.15) is 13.3 Å². The molecule has 0 saturated carbocycles. The van der Waals surface area contributed by atoms with E-state index < -0.39 is 8.32 Å². The van der Waals surface area contributed by atoms with Gasteiger partial charge in [0.2, 0.25) is 0 Å². The molecule has 0 aliphatic rings. The van der Waals surface area contributed by atoms with E-state index in [0.29, 0.717) is 0 Å². The van der Waals surface area contributed by atoms with Gasteiger partial charge < -0.3 is 4.43 Å². The fourth-order valence-corrected chi connectivity index (χ4v) is 3.10. The highest BCUT2D eigenvalue weighted by molar-refractivity contribution is 7.80. The number of rotatable bonds is 5. The van der Waals surface area contributed by atoms with Crippen LogP contribution in [0.2, 0.25) is 18.6 Å². The van der Waals surface area contributed by atoms with E-state index in [4.69, 9.17) is 4.43 Å². The van der Waals surface area contributed by atoms with Gasteiger partial charge in [-0.05, 0) is 30.8 Å². The second kappa shape index (κ2) is 5.21. The van der Waals surface area contributed by atoms with Gasteiger partial charge in [0.25, 0.3) is 0 Å². The van der Waals surface area contributed by atoms with Crippen molar-refractivity contribution in [3.8, 4) is 0 Å². The van der Waals surface area contributed by atoms with Gasteiger partial charge in [-0.1, -0.05) is 6.92 Å². The van der Waals surface area contributed by atoms with Gasteiger partial charge in [0.1, 0.15) is 0 Å². The third-order valence-corrected chi connectivity index (χ3v) is 6.31. The van der Waals surface area contributed by atoms with Crippen LogP contribution in [0.15, 0.2) is 0 Å². The Labute approximate surface area is 70.7 Å². The molecule has 0 aromatic carbocycles. The van der Waals surface area contributed by atoms with E-state index in [1.165, 1.54) is 18.5 Å². The topological polar surface area (TPSA) is 9.23 Å². The Bertz CT molecular complexity index is 83.7. The van der Waals surface area contributed by atoms with Crippen molar-refractivity contribution in [2.75, 3.05) is 12.9 Å². The molecule has 1 nitrogen and oxygen atoms in total. The molecule has 0 aliphatic heterocycles. The zero-order chi connectivity index (χ0) is 8.04. The minimum absolute atomic E-state index is 0.992. The van der Waals surface area contributed by atoms with Crippen molar-refractivity contribution >= 4 is 20.9 Å². The molecular formula is C7H18OSSi. The maximum absolute atomic E-state index is 5.49. The molecule has 0 heterocycles. The van der Waals surface area contributed by atoms with Crippen LogP contribution >= 0.6 is 12.6 Å². The molecule has 62 valence electrons. The molecule has 0 rings (SSSR count). The lowest BCUT2D eigenvalue weighted by atomic mass is 10.6. The van der Waals surface area contributed by atoms with Crippen molar-refractivity contribution in [3.05, 3.63) is 0 Å². The van der Waals surface area contributed by atoms with E-state index in [2.05, 4.69) is 26.1 Å². The summed E-state index contributed by atoms with van der Waals surface area (Å²) in [6.07, 6.45) is 1.20. The van der Waals surface area contributed by atoms with Crippen LogP contribution in [-0.4, -0.2) is 21.2 Å². The highest BCUT2D eigenvalue weighted by Gasteiger charge is 2.23. The van der Waals surface area contributed by atoms with E-state index >= 15 is 0 Å². The van der Waals surface area contributed by atoms with Crippen LogP contribution in [0.25, 0.3) is 0 Å². The third kappa shape index (κ3) is 3.64. The fourth-order valence-electron chi connectivity index (χ4n) is 0.876. The van der Waals surface area contributed by atoms with Crippen molar-refractivity contribution in [3.63, 3.8) is 0 Å². The Kier molecular flexibility index (Phi) is 5.49. The summed E-state index contributed by atoms with van der Waals surface area (Å²) in [6, 6.07) is 2.47. The van der Waals surface area contributed by atoms with Crippen molar-refractivity contribution < 1.29 is 4.43 Å². The Hall–Kier alpha value is 0.527. The molecule has 0 spiro atoms. The Morgan fingerprint density at radius 3 is 2.40 bits per heavy atom. The largest absolute Gasteiger partial charge is 0.420 e. The molecule has 0 radical (unpaired) electrons. The monoisotopic (exact) mass is 178 g/mol. The van der Waals surface area contributed by atoms with Gasteiger partial charge >= 0.3 is 0 Å². The van der Waals surface area contributed by atoms with Crippen LogP contribution in [-0.2, 0) is 4.43 Å². The molecule has 0 bridgehead atoms. The molecule has 3 heteroatoms. The van der Waals surface area contributed by atoms with Gasteiger partial charge in [0.05, 0.1) is 0 Å². The smallest absolute Gasteiger partial charge is 0.189 e. The first-order chi connectivity index (χ1) is 4.68. The lowest BCUT2D eigenvalue weighted by molar-refractivity contribution is 0.397. The van der Waals surface area contributed by atoms with Gasteiger partial charge in [-0.25, -0.2) is 0 Å². The highest BCUT2D eigenvalue weighted by Crippen LogP contribution is 2.17. The SMILES string of the molecule is CC[Si](C)(CCCS)OC. The Morgan fingerprint density at radius 1 is 1.50 bits per heavy atom. The number of thiol groups is 1. The molecule has 0 aromatic heterocycles. The molecule has 10 heavy (non-hydrogen) atoms. The molecule has 1 unspecified atom stereocenters. The zero-order valence-corrected chi connectivity index (χ0v) is 9.08. The van der Waals surface area contributed by atoms with Gasteiger partial charge in [-0.3, -0.25) is 0 Å². The first-order valence-electron chi connectivity index (χ1n) is 3.84. The molecular weight excluding hydrogens is 160 g/mol. The minimum Gasteiger partial charge on any atom is -0.420 e. The molecule has 0 N–H and O–H groups in total. The molecule has 0 fully saturated rings. The Balaban J connectivity index is 3.58. The summed E-state index contributed by atoms with van der Waals surface area (Å²) in [7, 11) is 0.574. The quantitative estimate of drug-likeness (QED) is 0.503. The maximum atomic E-state index is 5.49. The van der Waals surface area contributed by atoms with E-state index in [-0.39, 0.29) is 0 Å². The molecule has 1 atom stereocenters. The highest BCUT2D eigenvalue weighted by atomic mass is 32.1. The third-order valence-electron chi connectivity index (χ3n) is 2.10. The maximum Gasteiger partial charge on any atom is 0.189 e. The molecule has 0 amide bonds. The van der Waals surface area contributed by atoms with Crippen molar-refractivity contribution in [1.29, 1.82) is 0 Å². The van der Waals surface area contributed by atoms with Gasteiger partial charge in [0, 0.05) is 7.11 Å². The fraction of sp³-hybridized carbons (Fsp3) is 1.00. The van der Waals surface area contributed by atoms with Gasteiger partial charge in [0.15, 0.2) is 8.32 Å². The summed E-state index contributed by atoms with van der Waals surface area (Å²) >= 11 is 4.18. The zero-order valence-electron chi connectivity index (χ0n) is 7.18. The second-order valence-corrected chi connectivity index (χ2v) is 7.80. The average molecular weight is 178 g/mol. The summed E-state index contributed by atoms with van der Waals surface area (Å²) in [5.41, 5.74) is 0. The van der Waals surface area contributed by atoms with Crippen molar-refractivity contribution in [1.82, 2.24) is 0 Å². The molecule has 0 saturated heterocycles. The van der Waals surface area contributed by atoms with Crippen LogP contribution in [0.4, 0.5) is 0 Å². The van der Waals surface area contributed by atoms with Gasteiger partial charge in [-0.2, -0.15) is 12.6 Å². The first kappa shape index (κ1) is 10.5. The van der Waals surface area contributed by atoms with Crippen molar-refractivity contribution in [2.45, 2.75) is 32.0 Å². The molecule has 0 aliphatic carbocycles. The molecule has 0 aromatic rings. The summed E-state index contributed by atoms with van der Waals surface area (Å²) in [5, 5.41) is 0. The summed E-state index contributed by atoms with van der Waals surface area (Å²) in [4.78, 5) is 0.